The quantitative estimate of drug-likeness (QED) is 0.160. The van der Waals surface area contributed by atoms with Crippen molar-refractivity contribution in [1.82, 2.24) is 0 Å². The Morgan fingerprint density at radius 1 is 0.321 bits per heavy atom. The minimum Gasteiger partial charge on any atom is -0.0622 e. The van der Waals surface area contributed by atoms with Crippen molar-refractivity contribution in [1.29, 1.82) is 0 Å². The van der Waals surface area contributed by atoms with Gasteiger partial charge in [-0.25, -0.2) is 0 Å². The Kier molecular flexibility index (Phi) is 6.43. The van der Waals surface area contributed by atoms with Crippen molar-refractivity contribution in [2.75, 3.05) is 0 Å². The molecule has 266 valence electrons. The molecule has 0 heterocycles. The third kappa shape index (κ3) is 4.15. The van der Waals surface area contributed by atoms with Crippen LogP contribution in [0.4, 0.5) is 0 Å². The Morgan fingerprint density at radius 3 is 1.45 bits per heavy atom. The maximum absolute atomic E-state index is 2.69. The Balaban J connectivity index is 1.07. The molecule has 0 amide bonds. The van der Waals surface area contributed by atoms with Gasteiger partial charge in [-0.05, 0) is 173 Å². The molecule has 0 aromatic heterocycles. The summed E-state index contributed by atoms with van der Waals surface area (Å²) in [6.45, 7) is 0. The number of fused-ring (bicyclic) bond motifs is 7. The van der Waals surface area contributed by atoms with E-state index < -0.39 is 0 Å². The normalized spacial score (nSPS) is 23.1. The average molecular weight is 715 g/mol. The lowest BCUT2D eigenvalue weighted by atomic mass is 9.43. The molecule has 9 aromatic carbocycles. The monoisotopic (exact) mass is 714 g/mol. The molecule has 0 heteroatoms. The summed E-state index contributed by atoms with van der Waals surface area (Å²) < 4.78 is 0. The number of benzene rings is 9. The first-order chi connectivity index (χ1) is 27.7. The lowest BCUT2D eigenvalue weighted by Gasteiger charge is -2.61. The van der Waals surface area contributed by atoms with Crippen LogP contribution >= 0.6 is 0 Å². The molecule has 0 nitrogen and oxygen atoms in total. The van der Waals surface area contributed by atoms with Crippen molar-refractivity contribution < 1.29 is 0 Å². The highest BCUT2D eigenvalue weighted by molar-refractivity contribution is 6.24. The second kappa shape index (κ2) is 11.5. The number of hydrogen-bond acceptors (Lipinski definition) is 0. The van der Waals surface area contributed by atoms with E-state index in [0.29, 0.717) is 0 Å². The summed E-state index contributed by atoms with van der Waals surface area (Å²) in [5.74, 6) is 3.27. The van der Waals surface area contributed by atoms with E-state index in [-0.39, 0.29) is 5.41 Å². The minimum atomic E-state index is 0.100. The molecule has 4 bridgehead atoms. The van der Waals surface area contributed by atoms with Crippen molar-refractivity contribution in [3.63, 3.8) is 0 Å². The third-order valence-corrected chi connectivity index (χ3v) is 15.0. The van der Waals surface area contributed by atoms with Crippen LogP contribution in [-0.2, 0) is 5.41 Å². The standard InChI is InChI=1S/C56H42/c1-2-12-36(13-3-1)42-24-25-50(44-17-7-6-16-43(42)44)55-48-20-10-8-18-46(48)54(47-19-9-11-21-49(47)55)39-22-23-45-51-31-37-14-4-5-15-38(37)32-53(51)56(52(45)33-39)40-27-34-26-35(29-40)30-41(56)28-34/h1-25,31-35,40-41H,26-30H2. The Morgan fingerprint density at radius 2 is 0.804 bits per heavy atom. The molecule has 5 aliphatic carbocycles. The topological polar surface area (TPSA) is 0 Å². The molecular weight excluding hydrogens is 673 g/mol. The summed E-state index contributed by atoms with van der Waals surface area (Å²) in [5.41, 5.74) is 14.2. The molecule has 1 spiro atoms. The largest absolute Gasteiger partial charge is 0.0622 e. The number of hydrogen-bond donors (Lipinski definition) is 0. The zero-order chi connectivity index (χ0) is 36.5. The molecule has 0 saturated heterocycles. The maximum Gasteiger partial charge on any atom is 0.0272 e. The van der Waals surface area contributed by atoms with Crippen molar-refractivity contribution in [3.05, 3.63) is 181 Å². The van der Waals surface area contributed by atoms with Gasteiger partial charge in [0.2, 0.25) is 0 Å². The van der Waals surface area contributed by atoms with Crippen LogP contribution in [0.2, 0.25) is 0 Å². The molecular formula is C56H42. The van der Waals surface area contributed by atoms with E-state index in [4.69, 9.17) is 0 Å². The van der Waals surface area contributed by atoms with Crippen LogP contribution in [0.5, 0.6) is 0 Å². The van der Waals surface area contributed by atoms with Crippen LogP contribution < -0.4 is 0 Å². The van der Waals surface area contributed by atoms with E-state index in [9.17, 15) is 0 Å². The molecule has 4 saturated carbocycles. The van der Waals surface area contributed by atoms with Gasteiger partial charge in [-0.15, -0.1) is 0 Å². The third-order valence-electron chi connectivity index (χ3n) is 15.0. The lowest BCUT2D eigenvalue weighted by molar-refractivity contribution is -0.0398. The fourth-order valence-corrected chi connectivity index (χ4v) is 13.2. The van der Waals surface area contributed by atoms with E-state index >= 15 is 0 Å². The summed E-state index contributed by atoms with van der Waals surface area (Å²) in [6.07, 6.45) is 7.02. The fraction of sp³-hybridized carbons (Fsp3) is 0.179. The van der Waals surface area contributed by atoms with Crippen molar-refractivity contribution >= 4 is 43.1 Å². The molecule has 0 atom stereocenters. The Labute approximate surface area is 328 Å². The van der Waals surface area contributed by atoms with Crippen LogP contribution in [0.1, 0.15) is 43.2 Å². The van der Waals surface area contributed by atoms with Gasteiger partial charge in [0.15, 0.2) is 0 Å². The molecule has 9 aromatic rings. The van der Waals surface area contributed by atoms with Crippen molar-refractivity contribution in [2.45, 2.75) is 37.5 Å². The first kappa shape index (κ1) is 31.2. The number of rotatable bonds is 3. The van der Waals surface area contributed by atoms with Crippen LogP contribution in [0, 0.1) is 23.7 Å². The van der Waals surface area contributed by atoms with Crippen LogP contribution in [0.25, 0.3) is 87.6 Å². The van der Waals surface area contributed by atoms with E-state index in [1.807, 2.05) is 0 Å². The first-order valence-corrected chi connectivity index (χ1v) is 20.9. The van der Waals surface area contributed by atoms with Crippen LogP contribution in [-0.4, -0.2) is 0 Å². The molecule has 0 radical (unpaired) electrons. The van der Waals surface area contributed by atoms with E-state index in [1.165, 1.54) is 120 Å². The molecule has 56 heavy (non-hydrogen) atoms. The highest BCUT2D eigenvalue weighted by Crippen LogP contribution is 2.70. The van der Waals surface area contributed by atoms with Crippen molar-refractivity contribution in [2.24, 2.45) is 23.7 Å². The maximum atomic E-state index is 2.69. The van der Waals surface area contributed by atoms with Gasteiger partial charge < -0.3 is 0 Å². The summed E-state index contributed by atoms with van der Waals surface area (Å²) in [6, 6.07) is 64.9. The predicted molar refractivity (Wildman–Crippen MR) is 236 cm³/mol. The highest BCUT2D eigenvalue weighted by Gasteiger charge is 2.61. The first-order valence-electron chi connectivity index (χ1n) is 20.9. The summed E-state index contributed by atoms with van der Waals surface area (Å²) >= 11 is 0. The average Bonchev–Trinajstić information content (AvgIpc) is 3.52. The van der Waals surface area contributed by atoms with Gasteiger partial charge in [0.1, 0.15) is 0 Å². The molecule has 5 aliphatic rings. The van der Waals surface area contributed by atoms with Gasteiger partial charge in [-0.2, -0.15) is 0 Å². The van der Waals surface area contributed by atoms with Crippen molar-refractivity contribution in [3.8, 4) is 44.5 Å². The van der Waals surface area contributed by atoms with Gasteiger partial charge in [0.25, 0.3) is 0 Å². The second-order valence-electron chi connectivity index (χ2n) is 17.6. The smallest absolute Gasteiger partial charge is 0.0272 e. The molecule has 0 N–H and O–H groups in total. The zero-order valence-electron chi connectivity index (χ0n) is 31.5. The molecule has 4 fully saturated rings. The van der Waals surface area contributed by atoms with Gasteiger partial charge in [-0.3, -0.25) is 0 Å². The van der Waals surface area contributed by atoms with E-state index in [1.54, 1.807) is 11.1 Å². The van der Waals surface area contributed by atoms with Crippen LogP contribution in [0.3, 0.4) is 0 Å². The molecule has 0 unspecified atom stereocenters. The predicted octanol–water partition coefficient (Wildman–Crippen LogP) is 15.0. The Bertz CT molecular complexity index is 3010. The Hall–Kier alpha value is -5.98. The molecule has 14 rings (SSSR count). The second-order valence-corrected chi connectivity index (χ2v) is 17.6. The van der Waals surface area contributed by atoms with Gasteiger partial charge in [0.05, 0.1) is 0 Å². The van der Waals surface area contributed by atoms with E-state index in [2.05, 4.69) is 170 Å². The van der Waals surface area contributed by atoms with Crippen LogP contribution in [0.15, 0.2) is 170 Å². The highest BCUT2D eigenvalue weighted by atomic mass is 14.6. The lowest BCUT2D eigenvalue weighted by Crippen LogP contribution is -2.55. The zero-order valence-corrected chi connectivity index (χ0v) is 31.5. The summed E-state index contributed by atoms with van der Waals surface area (Å²) in [5, 5.41) is 10.6. The summed E-state index contributed by atoms with van der Waals surface area (Å²) in [7, 11) is 0. The summed E-state index contributed by atoms with van der Waals surface area (Å²) in [4.78, 5) is 0. The van der Waals surface area contributed by atoms with Gasteiger partial charge in [-0.1, -0.05) is 152 Å². The minimum absolute atomic E-state index is 0.100. The SMILES string of the molecule is c1ccc(-c2ccc(-c3c4ccccc4c(-c4ccc5c(c4)C4(c6cc7ccccc7cc6-5)C5CC6CC(C5)CC4C6)c4ccccc34)c3ccccc23)cc1. The van der Waals surface area contributed by atoms with Gasteiger partial charge >= 0.3 is 0 Å². The van der Waals surface area contributed by atoms with Gasteiger partial charge in [0, 0.05) is 5.41 Å². The molecule has 0 aliphatic heterocycles. The fourth-order valence-electron chi connectivity index (χ4n) is 13.2. The van der Waals surface area contributed by atoms with E-state index in [0.717, 1.165) is 23.7 Å².